The van der Waals surface area contributed by atoms with E-state index >= 15 is 0 Å². The molecule has 0 saturated carbocycles. The van der Waals surface area contributed by atoms with Crippen LogP contribution < -0.4 is 0 Å². The zero-order valence-electron chi connectivity index (χ0n) is 6.33. The lowest BCUT2D eigenvalue weighted by molar-refractivity contribution is 0.985. The van der Waals surface area contributed by atoms with Crippen LogP contribution in [0, 0.1) is 0 Å². The van der Waals surface area contributed by atoms with Gasteiger partial charge in [0.25, 0.3) is 0 Å². The summed E-state index contributed by atoms with van der Waals surface area (Å²) in [5.41, 5.74) is 1.28. The van der Waals surface area contributed by atoms with Crippen LogP contribution >= 0.6 is 0 Å². The summed E-state index contributed by atoms with van der Waals surface area (Å²) in [6.45, 7) is 0. The largest absolute Gasteiger partial charge is 0.364 e. The van der Waals surface area contributed by atoms with E-state index in [1.54, 1.807) is 0 Å². The Labute approximate surface area is 66.4 Å². The third-order valence-electron chi connectivity index (χ3n) is 1.94. The number of rotatable bonds is 1. The molecular formula is C10H11N. The first-order valence-corrected chi connectivity index (χ1v) is 3.93. The number of aromatic nitrogens is 1. The van der Waals surface area contributed by atoms with Crippen LogP contribution in [0.2, 0.25) is 0 Å². The van der Waals surface area contributed by atoms with Gasteiger partial charge in [-0.05, 0) is 18.6 Å². The Bertz CT molecular complexity index is 255. The van der Waals surface area contributed by atoms with E-state index < -0.39 is 0 Å². The van der Waals surface area contributed by atoms with E-state index in [1.165, 1.54) is 5.69 Å². The molecule has 11 heavy (non-hydrogen) atoms. The second kappa shape index (κ2) is 2.79. The second-order valence-electron chi connectivity index (χ2n) is 2.74. The van der Waals surface area contributed by atoms with E-state index in [-0.39, 0.29) is 0 Å². The van der Waals surface area contributed by atoms with Crippen molar-refractivity contribution in [3.63, 3.8) is 0 Å². The van der Waals surface area contributed by atoms with Gasteiger partial charge in [0.1, 0.15) is 0 Å². The van der Waals surface area contributed by atoms with Crippen molar-refractivity contribution in [3.05, 3.63) is 48.3 Å². The summed E-state index contributed by atoms with van der Waals surface area (Å²) in [7, 11) is 0. The molecule has 0 fully saturated rings. The third-order valence-corrected chi connectivity index (χ3v) is 1.94. The Balaban J connectivity index is 2.23. The average Bonchev–Trinajstić information content (AvgIpc) is 2.58. The van der Waals surface area contributed by atoms with Gasteiger partial charge in [-0.25, -0.2) is 0 Å². The van der Waals surface area contributed by atoms with E-state index in [0.717, 1.165) is 6.42 Å². The van der Waals surface area contributed by atoms with Crippen LogP contribution in [-0.4, -0.2) is 4.98 Å². The minimum absolute atomic E-state index is 0.471. The van der Waals surface area contributed by atoms with Gasteiger partial charge in [-0.2, -0.15) is 0 Å². The number of allylic oxidation sites excluding steroid dienone is 4. The van der Waals surface area contributed by atoms with Crippen LogP contribution in [-0.2, 0) is 0 Å². The molecule has 1 heteroatoms. The van der Waals surface area contributed by atoms with Crippen LogP contribution in [0.3, 0.4) is 0 Å². The van der Waals surface area contributed by atoms with Crippen molar-refractivity contribution in [2.75, 3.05) is 0 Å². The van der Waals surface area contributed by atoms with E-state index in [2.05, 4.69) is 35.4 Å². The summed E-state index contributed by atoms with van der Waals surface area (Å²) in [6.07, 6.45) is 11.9. The molecule has 0 aliphatic heterocycles. The first-order chi connectivity index (χ1) is 5.47. The lowest BCUT2D eigenvalue weighted by Crippen LogP contribution is -1.93. The first-order valence-electron chi connectivity index (χ1n) is 3.93. The highest BCUT2D eigenvalue weighted by Gasteiger charge is 2.05. The zero-order valence-corrected chi connectivity index (χ0v) is 6.33. The van der Waals surface area contributed by atoms with Crippen LogP contribution in [0.4, 0.5) is 0 Å². The SMILES string of the molecule is C1=CC(c2ccc[nH]2)C=CC1. The van der Waals surface area contributed by atoms with Gasteiger partial charge in [0.2, 0.25) is 0 Å². The second-order valence-corrected chi connectivity index (χ2v) is 2.74. The molecule has 0 radical (unpaired) electrons. The monoisotopic (exact) mass is 145 g/mol. The van der Waals surface area contributed by atoms with Crippen LogP contribution in [0.25, 0.3) is 0 Å². The summed E-state index contributed by atoms with van der Waals surface area (Å²) in [6, 6.07) is 4.15. The highest BCUT2D eigenvalue weighted by Crippen LogP contribution is 2.20. The number of hydrogen-bond acceptors (Lipinski definition) is 0. The maximum absolute atomic E-state index is 3.20. The predicted molar refractivity (Wildman–Crippen MR) is 46.4 cm³/mol. The molecule has 2 rings (SSSR count). The fraction of sp³-hybridized carbons (Fsp3) is 0.200. The Morgan fingerprint density at radius 3 is 2.73 bits per heavy atom. The van der Waals surface area contributed by atoms with Gasteiger partial charge in [-0.1, -0.05) is 24.3 Å². The fourth-order valence-electron chi connectivity index (χ4n) is 1.35. The smallest absolute Gasteiger partial charge is 0.0350 e. The Hall–Kier alpha value is -1.24. The summed E-state index contributed by atoms with van der Waals surface area (Å²) in [5.74, 6) is 0.471. The predicted octanol–water partition coefficient (Wildman–Crippen LogP) is 2.61. The molecule has 0 aromatic carbocycles. The van der Waals surface area contributed by atoms with Crippen LogP contribution in [0.1, 0.15) is 18.0 Å². The van der Waals surface area contributed by atoms with E-state index in [1.807, 2.05) is 12.3 Å². The molecule has 1 aromatic rings. The first kappa shape index (κ1) is 6.47. The highest BCUT2D eigenvalue weighted by atomic mass is 14.7. The maximum Gasteiger partial charge on any atom is 0.0350 e. The normalized spacial score (nSPS) is 17.5. The molecule has 1 heterocycles. The minimum atomic E-state index is 0.471. The summed E-state index contributed by atoms with van der Waals surface area (Å²) in [4.78, 5) is 3.20. The molecule has 1 aromatic heterocycles. The van der Waals surface area contributed by atoms with Crippen molar-refractivity contribution < 1.29 is 0 Å². The Morgan fingerprint density at radius 1 is 1.27 bits per heavy atom. The highest BCUT2D eigenvalue weighted by molar-refractivity contribution is 5.25. The van der Waals surface area contributed by atoms with Gasteiger partial charge < -0.3 is 4.98 Å². The number of hydrogen-bond donors (Lipinski definition) is 1. The van der Waals surface area contributed by atoms with Gasteiger partial charge in [-0.3, -0.25) is 0 Å². The molecule has 0 amide bonds. The van der Waals surface area contributed by atoms with E-state index in [4.69, 9.17) is 0 Å². The number of aromatic amines is 1. The van der Waals surface area contributed by atoms with Crippen molar-refractivity contribution in [1.29, 1.82) is 0 Å². The zero-order chi connectivity index (χ0) is 7.52. The van der Waals surface area contributed by atoms with Gasteiger partial charge in [0, 0.05) is 17.8 Å². The van der Waals surface area contributed by atoms with Crippen molar-refractivity contribution >= 4 is 0 Å². The standard InChI is InChI=1S/C10H11N/c1-2-5-9(6-3-1)10-7-4-8-11-10/h2-9,11H,1H2. The summed E-state index contributed by atoms with van der Waals surface area (Å²) < 4.78 is 0. The fourth-order valence-corrected chi connectivity index (χ4v) is 1.35. The molecule has 0 atom stereocenters. The lowest BCUT2D eigenvalue weighted by atomic mass is 10.0. The lowest BCUT2D eigenvalue weighted by Gasteiger charge is -2.07. The molecular weight excluding hydrogens is 134 g/mol. The molecule has 1 aliphatic rings. The molecule has 0 saturated heterocycles. The quantitative estimate of drug-likeness (QED) is 0.585. The van der Waals surface area contributed by atoms with E-state index in [0.29, 0.717) is 5.92 Å². The molecule has 1 aliphatic carbocycles. The van der Waals surface area contributed by atoms with Crippen LogP contribution in [0.15, 0.2) is 42.6 Å². The molecule has 1 N–H and O–H groups in total. The van der Waals surface area contributed by atoms with Gasteiger partial charge >= 0.3 is 0 Å². The number of nitrogens with one attached hydrogen (secondary N) is 1. The topological polar surface area (TPSA) is 15.8 Å². The summed E-state index contributed by atoms with van der Waals surface area (Å²) >= 11 is 0. The molecule has 56 valence electrons. The average molecular weight is 145 g/mol. The number of H-pyrrole nitrogens is 1. The Kier molecular flexibility index (Phi) is 1.64. The minimum Gasteiger partial charge on any atom is -0.364 e. The third kappa shape index (κ3) is 1.27. The molecule has 0 bridgehead atoms. The maximum atomic E-state index is 3.20. The van der Waals surface area contributed by atoms with E-state index in [9.17, 15) is 0 Å². The van der Waals surface area contributed by atoms with Crippen molar-refractivity contribution in [3.8, 4) is 0 Å². The molecule has 1 nitrogen and oxygen atoms in total. The van der Waals surface area contributed by atoms with Crippen molar-refractivity contribution in [2.24, 2.45) is 0 Å². The molecule has 0 spiro atoms. The van der Waals surface area contributed by atoms with Crippen molar-refractivity contribution in [2.45, 2.75) is 12.3 Å². The van der Waals surface area contributed by atoms with Gasteiger partial charge in [0.05, 0.1) is 0 Å². The van der Waals surface area contributed by atoms with Gasteiger partial charge in [0.15, 0.2) is 0 Å². The van der Waals surface area contributed by atoms with Crippen LogP contribution in [0.5, 0.6) is 0 Å². The summed E-state index contributed by atoms with van der Waals surface area (Å²) in [5, 5.41) is 0. The Morgan fingerprint density at radius 2 is 2.09 bits per heavy atom. The van der Waals surface area contributed by atoms with Crippen molar-refractivity contribution in [1.82, 2.24) is 4.98 Å². The molecule has 0 unspecified atom stereocenters. The van der Waals surface area contributed by atoms with Gasteiger partial charge in [-0.15, -0.1) is 0 Å².